The van der Waals surface area contributed by atoms with Gasteiger partial charge in [0.2, 0.25) is 5.88 Å². The van der Waals surface area contributed by atoms with E-state index in [1.807, 2.05) is 0 Å². The van der Waals surface area contributed by atoms with E-state index in [9.17, 15) is 10.1 Å². The molecule has 6 nitrogen and oxygen atoms in total. The molecule has 0 amide bonds. The van der Waals surface area contributed by atoms with Gasteiger partial charge in [-0.15, -0.1) is 0 Å². The highest BCUT2D eigenvalue weighted by molar-refractivity contribution is 6.29. The Hall–Kier alpha value is -2.21. The molecule has 1 aromatic carbocycles. The van der Waals surface area contributed by atoms with E-state index in [4.69, 9.17) is 16.3 Å². The van der Waals surface area contributed by atoms with E-state index < -0.39 is 4.92 Å². The first kappa shape index (κ1) is 14.2. The van der Waals surface area contributed by atoms with Crippen LogP contribution in [-0.2, 0) is 0 Å². The molecule has 7 heteroatoms. The Kier molecular flexibility index (Phi) is 3.85. The number of rotatable bonds is 3. The molecule has 0 bridgehead atoms. The molecule has 2 rings (SSSR count). The number of aryl methyl sites for hydroxylation is 3. The number of ether oxygens (including phenoxy) is 1. The fourth-order valence-electron chi connectivity index (χ4n) is 1.75. The Morgan fingerprint density at radius 3 is 2.45 bits per heavy atom. The van der Waals surface area contributed by atoms with Crippen molar-refractivity contribution in [1.29, 1.82) is 0 Å². The fourth-order valence-corrected chi connectivity index (χ4v) is 1.97. The van der Waals surface area contributed by atoms with Gasteiger partial charge in [-0.05, 0) is 32.4 Å². The van der Waals surface area contributed by atoms with Crippen molar-refractivity contribution in [3.05, 3.63) is 50.4 Å². The number of halogens is 1. The van der Waals surface area contributed by atoms with Gasteiger partial charge in [0.1, 0.15) is 16.7 Å². The van der Waals surface area contributed by atoms with E-state index in [2.05, 4.69) is 9.97 Å². The molecule has 0 atom stereocenters. The maximum absolute atomic E-state index is 10.9. The smallest absolute Gasteiger partial charge is 0.272 e. The average molecular weight is 294 g/mol. The third-order valence-electron chi connectivity index (χ3n) is 2.69. The maximum Gasteiger partial charge on any atom is 0.272 e. The Labute approximate surface area is 120 Å². The number of benzene rings is 1. The highest BCUT2D eigenvalue weighted by Gasteiger charge is 2.15. The minimum absolute atomic E-state index is 0.0618. The minimum Gasteiger partial charge on any atom is -0.439 e. The van der Waals surface area contributed by atoms with Crippen molar-refractivity contribution >= 4 is 17.3 Å². The Morgan fingerprint density at radius 2 is 1.85 bits per heavy atom. The summed E-state index contributed by atoms with van der Waals surface area (Å²) in [6.07, 6.45) is 0. The monoisotopic (exact) mass is 293 g/mol. The van der Waals surface area contributed by atoms with E-state index in [0.717, 1.165) is 0 Å². The standard InChI is InChI=1S/C13H12ClN3O3/c1-7-5-11(8(2)4-10(7)17(18)19)20-13-6-12(14)15-9(3)16-13/h4-6H,1-3H3. The molecule has 0 saturated carbocycles. The van der Waals surface area contributed by atoms with Crippen LogP contribution in [0, 0.1) is 30.9 Å². The molecule has 0 N–H and O–H groups in total. The first-order valence-corrected chi connectivity index (χ1v) is 6.19. The third kappa shape index (κ3) is 3.03. The van der Waals surface area contributed by atoms with E-state index in [0.29, 0.717) is 28.6 Å². The SMILES string of the molecule is Cc1nc(Cl)cc(Oc2cc(C)c([N+](=O)[O-])cc2C)n1. The van der Waals surface area contributed by atoms with Crippen LogP contribution in [0.25, 0.3) is 0 Å². The van der Waals surface area contributed by atoms with Crippen LogP contribution in [0.2, 0.25) is 5.15 Å². The predicted molar refractivity (Wildman–Crippen MR) is 74.4 cm³/mol. The summed E-state index contributed by atoms with van der Waals surface area (Å²) in [5.41, 5.74) is 1.23. The second kappa shape index (κ2) is 5.42. The maximum atomic E-state index is 10.9. The Balaban J connectivity index is 2.39. The zero-order valence-corrected chi connectivity index (χ0v) is 11.9. The van der Waals surface area contributed by atoms with E-state index >= 15 is 0 Å². The lowest BCUT2D eigenvalue weighted by atomic mass is 10.1. The average Bonchev–Trinajstić information content (AvgIpc) is 2.31. The van der Waals surface area contributed by atoms with Gasteiger partial charge in [-0.1, -0.05) is 11.6 Å². The molecule has 104 valence electrons. The van der Waals surface area contributed by atoms with Crippen LogP contribution in [0.15, 0.2) is 18.2 Å². The van der Waals surface area contributed by atoms with Crippen molar-refractivity contribution in [2.75, 3.05) is 0 Å². The predicted octanol–water partition coefficient (Wildman–Crippen LogP) is 3.76. The van der Waals surface area contributed by atoms with Crippen LogP contribution in [0.3, 0.4) is 0 Å². The fraction of sp³-hybridized carbons (Fsp3) is 0.231. The molecule has 0 saturated heterocycles. The van der Waals surface area contributed by atoms with Crippen LogP contribution < -0.4 is 4.74 Å². The van der Waals surface area contributed by atoms with E-state index in [1.165, 1.54) is 12.1 Å². The van der Waals surface area contributed by atoms with Crippen molar-refractivity contribution < 1.29 is 9.66 Å². The number of aromatic nitrogens is 2. The second-order valence-electron chi connectivity index (χ2n) is 4.34. The molecule has 0 spiro atoms. The van der Waals surface area contributed by atoms with Gasteiger partial charge in [-0.2, -0.15) is 4.98 Å². The molecule has 0 fully saturated rings. The first-order chi connectivity index (χ1) is 9.36. The molecule has 2 aromatic rings. The largest absolute Gasteiger partial charge is 0.439 e. The molecule has 1 heterocycles. The second-order valence-corrected chi connectivity index (χ2v) is 4.73. The first-order valence-electron chi connectivity index (χ1n) is 5.81. The van der Waals surface area contributed by atoms with E-state index in [1.54, 1.807) is 26.8 Å². The molecule has 0 aliphatic heterocycles. The molecule has 0 radical (unpaired) electrons. The van der Waals surface area contributed by atoms with Gasteiger partial charge >= 0.3 is 0 Å². The van der Waals surface area contributed by atoms with Crippen molar-refractivity contribution in [2.24, 2.45) is 0 Å². The Morgan fingerprint density at radius 1 is 1.15 bits per heavy atom. The lowest BCUT2D eigenvalue weighted by molar-refractivity contribution is -0.385. The minimum atomic E-state index is -0.419. The van der Waals surface area contributed by atoms with E-state index in [-0.39, 0.29) is 10.8 Å². The van der Waals surface area contributed by atoms with Gasteiger partial charge in [0, 0.05) is 17.7 Å². The van der Waals surface area contributed by atoms with Crippen LogP contribution in [0.1, 0.15) is 17.0 Å². The molecule has 0 unspecified atom stereocenters. The molecular weight excluding hydrogens is 282 g/mol. The summed E-state index contributed by atoms with van der Waals surface area (Å²) in [4.78, 5) is 18.5. The van der Waals surface area contributed by atoms with Crippen molar-refractivity contribution in [3.63, 3.8) is 0 Å². The summed E-state index contributed by atoms with van der Waals surface area (Å²) < 4.78 is 5.63. The third-order valence-corrected chi connectivity index (χ3v) is 2.88. The van der Waals surface area contributed by atoms with Crippen molar-refractivity contribution in [2.45, 2.75) is 20.8 Å². The molecule has 0 aliphatic carbocycles. The molecular formula is C13H12ClN3O3. The normalized spacial score (nSPS) is 10.4. The zero-order chi connectivity index (χ0) is 14.9. The zero-order valence-electron chi connectivity index (χ0n) is 11.2. The molecule has 20 heavy (non-hydrogen) atoms. The number of hydrogen-bond acceptors (Lipinski definition) is 5. The summed E-state index contributed by atoms with van der Waals surface area (Å²) in [5, 5.41) is 11.1. The quantitative estimate of drug-likeness (QED) is 0.489. The molecule has 1 aromatic heterocycles. The van der Waals surface area contributed by atoms with Crippen molar-refractivity contribution in [1.82, 2.24) is 9.97 Å². The van der Waals surface area contributed by atoms with Gasteiger partial charge in [-0.3, -0.25) is 10.1 Å². The van der Waals surface area contributed by atoms with Gasteiger partial charge in [0.15, 0.2) is 0 Å². The molecule has 0 aliphatic rings. The Bertz CT molecular complexity index is 669. The topological polar surface area (TPSA) is 78.2 Å². The summed E-state index contributed by atoms with van der Waals surface area (Å²) in [7, 11) is 0. The highest BCUT2D eigenvalue weighted by Crippen LogP contribution is 2.30. The number of nitrogens with zero attached hydrogens (tertiary/aromatic N) is 3. The van der Waals surface area contributed by atoms with Crippen LogP contribution >= 0.6 is 11.6 Å². The lowest BCUT2D eigenvalue weighted by Gasteiger charge is -2.09. The summed E-state index contributed by atoms with van der Waals surface area (Å²) in [5.74, 6) is 1.30. The number of nitro benzene ring substituents is 1. The summed E-state index contributed by atoms with van der Waals surface area (Å²) in [6, 6.07) is 4.57. The van der Waals surface area contributed by atoms with Gasteiger partial charge in [-0.25, -0.2) is 4.98 Å². The lowest BCUT2D eigenvalue weighted by Crippen LogP contribution is -1.97. The highest BCUT2D eigenvalue weighted by atomic mass is 35.5. The van der Waals surface area contributed by atoms with Crippen LogP contribution in [0.4, 0.5) is 5.69 Å². The van der Waals surface area contributed by atoms with Gasteiger partial charge < -0.3 is 4.74 Å². The number of nitro groups is 1. The van der Waals surface area contributed by atoms with Gasteiger partial charge in [0.05, 0.1) is 4.92 Å². The van der Waals surface area contributed by atoms with Crippen molar-refractivity contribution in [3.8, 4) is 11.6 Å². The van der Waals surface area contributed by atoms with Crippen LogP contribution in [0.5, 0.6) is 11.6 Å². The van der Waals surface area contributed by atoms with Gasteiger partial charge in [0.25, 0.3) is 5.69 Å². The summed E-state index contributed by atoms with van der Waals surface area (Å²) >= 11 is 5.83. The van der Waals surface area contributed by atoms with Crippen LogP contribution in [-0.4, -0.2) is 14.9 Å². The number of hydrogen-bond donors (Lipinski definition) is 0. The summed E-state index contributed by atoms with van der Waals surface area (Å²) in [6.45, 7) is 5.09.